The molecule has 0 aliphatic rings. The van der Waals surface area contributed by atoms with Crippen LogP contribution in [0.5, 0.6) is 0 Å². The molecule has 2 aromatic carbocycles. The van der Waals surface area contributed by atoms with Crippen molar-refractivity contribution in [2.24, 2.45) is 0 Å². The molecule has 4 nitrogen and oxygen atoms in total. The van der Waals surface area contributed by atoms with Gasteiger partial charge in [0.05, 0.1) is 6.61 Å². The van der Waals surface area contributed by atoms with Crippen LogP contribution in [0.4, 0.5) is 0 Å². The van der Waals surface area contributed by atoms with Gasteiger partial charge in [-0.2, -0.15) is 0 Å². The average molecular weight is 431 g/mol. The minimum Gasteiger partial charge on any atom is -0.462 e. The molecule has 3 aromatic rings. The zero-order valence-corrected chi connectivity index (χ0v) is 16.4. The molecule has 0 aliphatic carbocycles. The van der Waals surface area contributed by atoms with Crippen molar-refractivity contribution in [2.75, 3.05) is 6.61 Å². The van der Waals surface area contributed by atoms with E-state index < -0.39 is 5.97 Å². The molecule has 1 aromatic heterocycles. The summed E-state index contributed by atoms with van der Waals surface area (Å²) in [4.78, 5) is 12.6. The normalized spacial score (nSPS) is 10.8. The van der Waals surface area contributed by atoms with E-state index in [4.69, 9.17) is 55.7 Å². The summed E-state index contributed by atoms with van der Waals surface area (Å²) >= 11 is 24.3. The molecule has 0 aliphatic heterocycles. The van der Waals surface area contributed by atoms with Crippen LogP contribution in [0.25, 0.3) is 22.6 Å². The van der Waals surface area contributed by atoms with Gasteiger partial charge in [-0.15, -0.1) is 0 Å². The first-order valence-corrected chi connectivity index (χ1v) is 9.00. The monoisotopic (exact) mass is 429 g/mol. The zero-order valence-electron chi connectivity index (χ0n) is 13.4. The number of hydrogen-bond acceptors (Lipinski definition) is 4. The molecule has 26 heavy (non-hydrogen) atoms. The number of rotatable bonds is 4. The first kappa shape index (κ1) is 19.1. The smallest absolute Gasteiger partial charge is 0.344 e. The Morgan fingerprint density at radius 2 is 1.42 bits per heavy atom. The number of nitrogens with zero attached hydrogens (tertiary/aromatic N) is 1. The van der Waals surface area contributed by atoms with E-state index in [1.54, 1.807) is 43.3 Å². The maximum Gasteiger partial charge on any atom is 0.344 e. The van der Waals surface area contributed by atoms with Gasteiger partial charge in [-0.25, -0.2) is 4.79 Å². The van der Waals surface area contributed by atoms with Crippen LogP contribution in [0.1, 0.15) is 17.3 Å². The van der Waals surface area contributed by atoms with Gasteiger partial charge in [-0.1, -0.05) is 51.6 Å². The van der Waals surface area contributed by atoms with Gasteiger partial charge in [0.2, 0.25) is 0 Å². The van der Waals surface area contributed by atoms with Gasteiger partial charge in [0, 0.05) is 31.2 Å². The van der Waals surface area contributed by atoms with Crippen LogP contribution in [0.15, 0.2) is 40.9 Å². The fourth-order valence-electron chi connectivity index (χ4n) is 2.45. The lowest BCUT2D eigenvalue weighted by atomic mass is 10.0. The third-order valence-electron chi connectivity index (χ3n) is 3.43. The summed E-state index contributed by atoms with van der Waals surface area (Å²) in [5.41, 5.74) is 1.42. The van der Waals surface area contributed by atoms with Crippen LogP contribution in [-0.4, -0.2) is 17.7 Å². The zero-order chi connectivity index (χ0) is 18.8. The van der Waals surface area contributed by atoms with Gasteiger partial charge in [-0.3, -0.25) is 0 Å². The van der Waals surface area contributed by atoms with Crippen molar-refractivity contribution >= 4 is 52.4 Å². The van der Waals surface area contributed by atoms with E-state index in [2.05, 4.69) is 5.16 Å². The van der Waals surface area contributed by atoms with E-state index in [-0.39, 0.29) is 23.6 Å². The first-order chi connectivity index (χ1) is 12.4. The maximum absolute atomic E-state index is 12.6. The Hall–Kier alpha value is -1.72. The molecule has 0 fully saturated rings. The highest BCUT2D eigenvalue weighted by atomic mass is 35.5. The average Bonchev–Trinajstić information content (AvgIpc) is 2.98. The Morgan fingerprint density at radius 3 is 1.92 bits per heavy atom. The standard InChI is InChI=1S/C18H11Cl4NO3/c1-2-25-18(24)15-16(9-3-11(19)7-12(20)4-9)23-26-17(15)10-5-13(21)8-14(22)6-10/h3-8H,2H2,1H3. The molecule has 0 spiro atoms. The summed E-state index contributed by atoms with van der Waals surface area (Å²) in [5, 5.41) is 5.62. The highest BCUT2D eigenvalue weighted by Crippen LogP contribution is 2.37. The molecule has 0 bridgehead atoms. The van der Waals surface area contributed by atoms with Crippen molar-refractivity contribution in [3.63, 3.8) is 0 Å². The molecular formula is C18H11Cl4NO3. The molecular weight excluding hydrogens is 420 g/mol. The van der Waals surface area contributed by atoms with Crippen LogP contribution in [-0.2, 0) is 4.74 Å². The Bertz CT molecular complexity index is 875. The second-order valence-electron chi connectivity index (χ2n) is 5.27. The van der Waals surface area contributed by atoms with Gasteiger partial charge >= 0.3 is 5.97 Å². The third kappa shape index (κ3) is 3.99. The van der Waals surface area contributed by atoms with Crippen LogP contribution in [0, 0.1) is 0 Å². The van der Waals surface area contributed by atoms with Crippen molar-refractivity contribution < 1.29 is 14.1 Å². The fourth-order valence-corrected chi connectivity index (χ4v) is 3.50. The summed E-state index contributed by atoms with van der Waals surface area (Å²) in [6.07, 6.45) is 0. The highest BCUT2D eigenvalue weighted by Gasteiger charge is 2.27. The molecule has 0 N–H and O–H groups in total. The van der Waals surface area contributed by atoms with Crippen molar-refractivity contribution in [3.8, 4) is 22.6 Å². The molecule has 0 amide bonds. The predicted molar refractivity (Wildman–Crippen MR) is 103 cm³/mol. The van der Waals surface area contributed by atoms with Crippen LogP contribution < -0.4 is 0 Å². The van der Waals surface area contributed by atoms with E-state index in [0.29, 0.717) is 31.2 Å². The van der Waals surface area contributed by atoms with Crippen molar-refractivity contribution in [1.82, 2.24) is 5.16 Å². The van der Waals surface area contributed by atoms with Gasteiger partial charge in [0.15, 0.2) is 5.76 Å². The molecule has 0 saturated carbocycles. The lowest BCUT2D eigenvalue weighted by Gasteiger charge is -2.06. The lowest BCUT2D eigenvalue weighted by molar-refractivity contribution is 0.0527. The number of ether oxygens (including phenoxy) is 1. The lowest BCUT2D eigenvalue weighted by Crippen LogP contribution is -2.06. The second kappa shape index (κ2) is 7.89. The number of hydrogen-bond donors (Lipinski definition) is 0. The van der Waals surface area contributed by atoms with Gasteiger partial charge < -0.3 is 9.26 Å². The first-order valence-electron chi connectivity index (χ1n) is 7.48. The summed E-state index contributed by atoms with van der Waals surface area (Å²) in [6.45, 7) is 1.90. The van der Waals surface area contributed by atoms with E-state index in [1.165, 1.54) is 0 Å². The number of carbonyl (C=O) groups excluding carboxylic acids is 1. The van der Waals surface area contributed by atoms with E-state index in [9.17, 15) is 4.79 Å². The SMILES string of the molecule is CCOC(=O)c1c(-c2cc(Cl)cc(Cl)c2)noc1-c1cc(Cl)cc(Cl)c1. The maximum atomic E-state index is 12.6. The number of esters is 1. The quantitative estimate of drug-likeness (QED) is 0.427. The van der Waals surface area contributed by atoms with E-state index in [0.717, 1.165) is 0 Å². The van der Waals surface area contributed by atoms with E-state index >= 15 is 0 Å². The molecule has 0 radical (unpaired) electrons. The molecule has 0 saturated heterocycles. The minimum absolute atomic E-state index is 0.142. The van der Waals surface area contributed by atoms with Crippen LogP contribution in [0.2, 0.25) is 20.1 Å². The summed E-state index contributed by atoms with van der Waals surface area (Å²) in [5.74, 6) is -0.398. The summed E-state index contributed by atoms with van der Waals surface area (Å²) < 4.78 is 10.6. The van der Waals surface area contributed by atoms with Crippen LogP contribution in [0.3, 0.4) is 0 Å². The highest BCUT2D eigenvalue weighted by molar-refractivity contribution is 6.35. The molecule has 1 heterocycles. The Kier molecular flexibility index (Phi) is 5.78. The van der Waals surface area contributed by atoms with Crippen molar-refractivity contribution in [1.29, 1.82) is 0 Å². The molecule has 8 heteroatoms. The molecule has 134 valence electrons. The Morgan fingerprint density at radius 1 is 0.923 bits per heavy atom. The molecule has 3 rings (SSSR count). The van der Waals surface area contributed by atoms with Gasteiger partial charge in [0.1, 0.15) is 11.3 Å². The largest absolute Gasteiger partial charge is 0.462 e. The topological polar surface area (TPSA) is 52.3 Å². The predicted octanol–water partition coefficient (Wildman–Crippen LogP) is 6.80. The number of aromatic nitrogens is 1. The third-order valence-corrected chi connectivity index (χ3v) is 4.31. The Labute approximate surface area is 169 Å². The van der Waals surface area contributed by atoms with E-state index in [1.807, 2.05) is 0 Å². The van der Waals surface area contributed by atoms with Crippen molar-refractivity contribution in [2.45, 2.75) is 6.92 Å². The summed E-state index contributed by atoms with van der Waals surface area (Å²) in [6, 6.07) is 9.64. The number of halogens is 4. The minimum atomic E-state index is -0.592. The second-order valence-corrected chi connectivity index (χ2v) is 7.02. The van der Waals surface area contributed by atoms with Crippen LogP contribution >= 0.6 is 46.4 Å². The fraction of sp³-hybridized carbons (Fsp3) is 0.111. The van der Waals surface area contributed by atoms with Gasteiger partial charge in [-0.05, 0) is 43.3 Å². The van der Waals surface area contributed by atoms with Crippen molar-refractivity contribution in [3.05, 3.63) is 62.1 Å². The number of benzene rings is 2. The van der Waals surface area contributed by atoms with Gasteiger partial charge in [0.25, 0.3) is 0 Å². The summed E-state index contributed by atoms with van der Waals surface area (Å²) in [7, 11) is 0. The Balaban J connectivity index is 2.23. The number of carbonyl (C=O) groups is 1. The molecule has 0 atom stereocenters. The molecule has 0 unspecified atom stereocenters.